The fraction of sp³-hybridized carbons (Fsp3) is 0.500. The van der Waals surface area contributed by atoms with Crippen LogP contribution in [0.2, 0.25) is 0 Å². The molecular formula is C14H21ClN2O2. The Hall–Kier alpha value is -1.26. The fourth-order valence-electron chi connectivity index (χ4n) is 2.37. The number of hydrogen-bond acceptors (Lipinski definition) is 3. The zero-order valence-electron chi connectivity index (χ0n) is 11.1. The minimum Gasteiger partial charge on any atom is -0.445 e. The van der Waals surface area contributed by atoms with Crippen molar-refractivity contribution in [2.75, 3.05) is 6.54 Å². The molecule has 2 atom stereocenters. The third-order valence-electron chi connectivity index (χ3n) is 3.35. The second-order valence-electron chi connectivity index (χ2n) is 4.80. The predicted octanol–water partition coefficient (Wildman–Crippen LogP) is 2.56. The van der Waals surface area contributed by atoms with E-state index in [1.165, 1.54) is 0 Å². The lowest BCUT2D eigenvalue weighted by atomic mass is 10.1. The third-order valence-corrected chi connectivity index (χ3v) is 3.35. The van der Waals surface area contributed by atoms with Gasteiger partial charge in [-0.15, -0.1) is 12.4 Å². The van der Waals surface area contributed by atoms with E-state index in [0.717, 1.165) is 24.9 Å². The third kappa shape index (κ3) is 4.11. The van der Waals surface area contributed by atoms with Crippen molar-refractivity contribution in [1.82, 2.24) is 4.90 Å². The molecule has 0 unspecified atom stereocenters. The molecule has 0 spiro atoms. The molecule has 0 bridgehead atoms. The first kappa shape index (κ1) is 15.8. The highest BCUT2D eigenvalue weighted by Crippen LogP contribution is 2.20. The van der Waals surface area contributed by atoms with Gasteiger partial charge in [0.15, 0.2) is 0 Å². The second-order valence-corrected chi connectivity index (χ2v) is 4.80. The second kappa shape index (κ2) is 7.36. The Labute approximate surface area is 120 Å². The molecule has 0 aliphatic carbocycles. The Morgan fingerprint density at radius 1 is 1.47 bits per heavy atom. The van der Waals surface area contributed by atoms with Gasteiger partial charge in [-0.3, -0.25) is 0 Å². The van der Waals surface area contributed by atoms with Crippen LogP contribution in [0.5, 0.6) is 0 Å². The summed E-state index contributed by atoms with van der Waals surface area (Å²) in [5, 5.41) is 0. The van der Waals surface area contributed by atoms with Crippen LogP contribution in [-0.4, -0.2) is 29.6 Å². The molecule has 1 aromatic carbocycles. The minimum atomic E-state index is -0.251. The van der Waals surface area contributed by atoms with Crippen LogP contribution in [0, 0.1) is 0 Å². The molecule has 1 heterocycles. The number of likely N-dealkylation sites (tertiary alicyclic amines) is 1. The monoisotopic (exact) mass is 284 g/mol. The van der Waals surface area contributed by atoms with Gasteiger partial charge in [-0.05, 0) is 25.3 Å². The number of amides is 1. The topological polar surface area (TPSA) is 55.6 Å². The summed E-state index contributed by atoms with van der Waals surface area (Å²) < 4.78 is 5.32. The Balaban J connectivity index is 0.00000180. The summed E-state index contributed by atoms with van der Waals surface area (Å²) >= 11 is 0. The zero-order chi connectivity index (χ0) is 13.0. The lowest BCUT2D eigenvalue weighted by Gasteiger charge is -2.26. The van der Waals surface area contributed by atoms with Gasteiger partial charge in [-0.1, -0.05) is 30.3 Å². The molecule has 2 N–H and O–H groups in total. The van der Waals surface area contributed by atoms with Crippen LogP contribution in [0.15, 0.2) is 30.3 Å². The van der Waals surface area contributed by atoms with E-state index in [-0.39, 0.29) is 30.6 Å². The van der Waals surface area contributed by atoms with E-state index >= 15 is 0 Å². The van der Waals surface area contributed by atoms with Crippen molar-refractivity contribution in [3.63, 3.8) is 0 Å². The maximum absolute atomic E-state index is 12.0. The van der Waals surface area contributed by atoms with E-state index in [9.17, 15) is 4.79 Å². The van der Waals surface area contributed by atoms with Crippen molar-refractivity contribution in [1.29, 1.82) is 0 Å². The Morgan fingerprint density at radius 2 is 2.16 bits per heavy atom. The summed E-state index contributed by atoms with van der Waals surface area (Å²) in [5.74, 6) is 0. The van der Waals surface area contributed by atoms with Crippen LogP contribution in [0.25, 0.3) is 0 Å². The lowest BCUT2D eigenvalue weighted by molar-refractivity contribution is 0.0890. The normalized spacial score (nSPS) is 19.7. The molecule has 106 valence electrons. The first-order valence-corrected chi connectivity index (χ1v) is 6.41. The molecule has 4 nitrogen and oxygen atoms in total. The first-order valence-electron chi connectivity index (χ1n) is 6.41. The molecule has 19 heavy (non-hydrogen) atoms. The SMILES string of the molecule is C[C@H](N)[C@@H]1CCCN1C(=O)OCc1ccccc1.Cl. The zero-order valence-corrected chi connectivity index (χ0v) is 11.9. The van der Waals surface area contributed by atoms with Crippen LogP contribution >= 0.6 is 12.4 Å². The summed E-state index contributed by atoms with van der Waals surface area (Å²) in [5.41, 5.74) is 6.89. The molecule has 0 radical (unpaired) electrons. The van der Waals surface area contributed by atoms with Crippen LogP contribution in [0.3, 0.4) is 0 Å². The maximum Gasteiger partial charge on any atom is 0.410 e. The van der Waals surface area contributed by atoms with Gasteiger partial charge in [-0.25, -0.2) is 4.79 Å². The molecule has 1 aliphatic rings. The number of carbonyl (C=O) groups is 1. The van der Waals surface area contributed by atoms with Crippen molar-refractivity contribution in [2.45, 2.75) is 38.5 Å². The first-order chi connectivity index (χ1) is 8.68. The van der Waals surface area contributed by atoms with E-state index in [4.69, 9.17) is 10.5 Å². The van der Waals surface area contributed by atoms with Gasteiger partial charge in [-0.2, -0.15) is 0 Å². The molecule has 1 amide bonds. The van der Waals surface area contributed by atoms with Crippen LogP contribution in [0.4, 0.5) is 4.79 Å². The molecule has 1 saturated heterocycles. The molecule has 1 fully saturated rings. The number of halogens is 1. The molecule has 1 aromatic rings. The summed E-state index contributed by atoms with van der Waals surface area (Å²) in [6.45, 7) is 3.01. The summed E-state index contributed by atoms with van der Waals surface area (Å²) in [6.07, 6.45) is 1.73. The Kier molecular flexibility index (Phi) is 6.12. The van der Waals surface area contributed by atoms with Gasteiger partial charge in [0, 0.05) is 18.6 Å². The van der Waals surface area contributed by atoms with Crippen molar-refractivity contribution >= 4 is 18.5 Å². The standard InChI is InChI=1S/C14H20N2O2.ClH/c1-11(15)13-8-5-9-16(13)14(17)18-10-12-6-3-2-4-7-12;/h2-4,6-7,11,13H,5,8-10,15H2,1H3;1H/t11-,13-;/m0./s1. The maximum atomic E-state index is 12.0. The van der Waals surface area contributed by atoms with Crippen LogP contribution < -0.4 is 5.73 Å². The molecule has 5 heteroatoms. The minimum absolute atomic E-state index is 0. The molecule has 0 saturated carbocycles. The Morgan fingerprint density at radius 3 is 2.79 bits per heavy atom. The summed E-state index contributed by atoms with van der Waals surface area (Å²) in [7, 11) is 0. The highest BCUT2D eigenvalue weighted by molar-refractivity contribution is 5.85. The van der Waals surface area contributed by atoms with Gasteiger partial charge in [0.2, 0.25) is 0 Å². The molecule has 0 aromatic heterocycles. The van der Waals surface area contributed by atoms with Crippen LogP contribution in [0.1, 0.15) is 25.3 Å². The molecule has 1 aliphatic heterocycles. The predicted molar refractivity (Wildman–Crippen MR) is 77.3 cm³/mol. The number of nitrogens with zero attached hydrogens (tertiary/aromatic N) is 1. The number of hydrogen-bond donors (Lipinski definition) is 1. The van der Waals surface area contributed by atoms with Gasteiger partial charge in [0.05, 0.1) is 0 Å². The number of benzene rings is 1. The average Bonchev–Trinajstić information content (AvgIpc) is 2.86. The van der Waals surface area contributed by atoms with Gasteiger partial charge < -0.3 is 15.4 Å². The van der Waals surface area contributed by atoms with Crippen LogP contribution in [-0.2, 0) is 11.3 Å². The quantitative estimate of drug-likeness (QED) is 0.928. The number of nitrogens with two attached hydrogens (primary N) is 1. The largest absolute Gasteiger partial charge is 0.445 e. The van der Waals surface area contributed by atoms with E-state index in [1.54, 1.807) is 4.90 Å². The Bertz CT molecular complexity index is 398. The summed E-state index contributed by atoms with van der Waals surface area (Å²) in [6, 6.07) is 9.82. The van der Waals surface area contributed by atoms with Gasteiger partial charge in [0.1, 0.15) is 6.61 Å². The fourth-order valence-corrected chi connectivity index (χ4v) is 2.37. The lowest BCUT2D eigenvalue weighted by Crippen LogP contribution is -2.45. The van der Waals surface area contributed by atoms with E-state index in [0.29, 0.717) is 6.61 Å². The smallest absolute Gasteiger partial charge is 0.410 e. The molecule has 2 rings (SSSR count). The highest BCUT2D eigenvalue weighted by Gasteiger charge is 2.32. The average molecular weight is 285 g/mol. The molecular weight excluding hydrogens is 264 g/mol. The van der Waals surface area contributed by atoms with Crippen molar-refractivity contribution < 1.29 is 9.53 Å². The van der Waals surface area contributed by atoms with Crippen molar-refractivity contribution in [2.24, 2.45) is 5.73 Å². The van der Waals surface area contributed by atoms with E-state index in [2.05, 4.69) is 0 Å². The van der Waals surface area contributed by atoms with Crippen molar-refractivity contribution in [3.8, 4) is 0 Å². The number of carbonyl (C=O) groups excluding carboxylic acids is 1. The highest BCUT2D eigenvalue weighted by atomic mass is 35.5. The van der Waals surface area contributed by atoms with Gasteiger partial charge in [0.25, 0.3) is 0 Å². The summed E-state index contributed by atoms with van der Waals surface area (Å²) in [4.78, 5) is 13.7. The number of ether oxygens (including phenoxy) is 1. The van der Waals surface area contributed by atoms with E-state index in [1.807, 2.05) is 37.3 Å². The number of rotatable bonds is 3. The van der Waals surface area contributed by atoms with Crippen molar-refractivity contribution in [3.05, 3.63) is 35.9 Å². The van der Waals surface area contributed by atoms with Gasteiger partial charge >= 0.3 is 6.09 Å². The van der Waals surface area contributed by atoms with E-state index < -0.39 is 0 Å².